The van der Waals surface area contributed by atoms with E-state index in [4.69, 9.17) is 16.0 Å². The first-order chi connectivity index (χ1) is 7.81. The molecular formula is C11H11ClN2O2. The van der Waals surface area contributed by atoms with Crippen LogP contribution in [0.5, 0.6) is 0 Å². The number of nitrogens with one attached hydrogen (secondary N) is 1. The number of halogens is 1. The molecule has 0 radical (unpaired) electrons. The summed E-state index contributed by atoms with van der Waals surface area (Å²) in [5.41, 5.74) is 0.256. The fourth-order valence-corrected chi connectivity index (χ4v) is 1.49. The maximum atomic E-state index is 11.6. The van der Waals surface area contributed by atoms with E-state index in [9.17, 15) is 4.79 Å². The van der Waals surface area contributed by atoms with Crippen LogP contribution in [-0.2, 0) is 0 Å². The van der Waals surface area contributed by atoms with Gasteiger partial charge in [-0.25, -0.2) is 4.79 Å². The van der Waals surface area contributed by atoms with Crippen LogP contribution in [0.25, 0.3) is 10.9 Å². The summed E-state index contributed by atoms with van der Waals surface area (Å²) >= 11 is 5.54. The quantitative estimate of drug-likeness (QED) is 0.656. The highest BCUT2D eigenvalue weighted by Gasteiger charge is 2.04. The molecule has 0 bridgehead atoms. The molecule has 0 aliphatic rings. The molecule has 1 aromatic heterocycles. The van der Waals surface area contributed by atoms with E-state index in [1.54, 1.807) is 18.2 Å². The molecule has 0 saturated heterocycles. The first kappa shape index (κ1) is 11.0. The molecule has 0 fully saturated rings. The van der Waals surface area contributed by atoms with Gasteiger partial charge >= 0.3 is 5.63 Å². The number of alkyl halides is 1. The maximum Gasteiger partial charge on any atom is 0.348 e. The van der Waals surface area contributed by atoms with Crippen molar-refractivity contribution in [1.29, 1.82) is 0 Å². The van der Waals surface area contributed by atoms with Gasteiger partial charge in [0.1, 0.15) is 0 Å². The van der Waals surface area contributed by atoms with Crippen LogP contribution in [0.15, 0.2) is 33.5 Å². The predicted octanol–water partition coefficient (Wildman–Crippen LogP) is 2.23. The molecule has 2 rings (SSSR count). The van der Waals surface area contributed by atoms with Gasteiger partial charge in [0.05, 0.1) is 10.9 Å². The average Bonchev–Trinajstić information content (AvgIpc) is 2.30. The highest BCUT2D eigenvalue weighted by molar-refractivity contribution is 6.17. The smallest absolute Gasteiger partial charge is 0.348 e. The summed E-state index contributed by atoms with van der Waals surface area (Å²) < 4.78 is 5.02. The molecule has 4 nitrogen and oxygen atoms in total. The van der Waals surface area contributed by atoms with Gasteiger partial charge in [-0.1, -0.05) is 12.1 Å². The van der Waals surface area contributed by atoms with Crippen LogP contribution < -0.4 is 10.9 Å². The lowest BCUT2D eigenvalue weighted by Gasteiger charge is -2.02. The minimum Gasteiger partial charge on any atom is -0.389 e. The lowest BCUT2D eigenvalue weighted by atomic mass is 10.2. The van der Waals surface area contributed by atoms with Crippen molar-refractivity contribution in [3.8, 4) is 0 Å². The summed E-state index contributed by atoms with van der Waals surface area (Å²) in [6.07, 6.45) is 0.791. The molecule has 5 heteroatoms. The lowest BCUT2D eigenvalue weighted by Crippen LogP contribution is -2.09. The average molecular weight is 239 g/mol. The maximum absolute atomic E-state index is 11.6. The standard InChI is InChI=1S/C11H11ClN2O2/c12-6-3-7-13-11-14-9-5-2-1-4-8(9)10(15)16-11/h1-2,4-5H,3,6-7H2,(H,13,14). The molecule has 1 N–H and O–H groups in total. The molecule has 16 heavy (non-hydrogen) atoms. The van der Waals surface area contributed by atoms with Crippen LogP contribution in [0.3, 0.4) is 0 Å². The van der Waals surface area contributed by atoms with Crippen molar-refractivity contribution in [3.63, 3.8) is 0 Å². The molecule has 0 aliphatic carbocycles. The zero-order valence-electron chi connectivity index (χ0n) is 8.57. The Kier molecular flexibility index (Phi) is 3.41. The van der Waals surface area contributed by atoms with Gasteiger partial charge in [0.2, 0.25) is 0 Å². The number of para-hydroxylation sites is 1. The SMILES string of the molecule is O=c1oc(NCCCCl)nc2ccccc12. The number of aromatic nitrogens is 1. The molecule has 0 aliphatic heterocycles. The van der Waals surface area contributed by atoms with E-state index in [1.807, 2.05) is 6.07 Å². The highest BCUT2D eigenvalue weighted by atomic mass is 35.5. The topological polar surface area (TPSA) is 55.1 Å². The first-order valence-electron chi connectivity index (χ1n) is 5.01. The van der Waals surface area contributed by atoms with Crippen LogP contribution in [0.2, 0.25) is 0 Å². The van der Waals surface area contributed by atoms with Gasteiger partial charge < -0.3 is 9.73 Å². The van der Waals surface area contributed by atoms with Gasteiger partial charge in [0.15, 0.2) is 0 Å². The Bertz CT molecular complexity index is 539. The van der Waals surface area contributed by atoms with Crippen molar-refractivity contribution in [1.82, 2.24) is 4.98 Å². The van der Waals surface area contributed by atoms with Crippen LogP contribution >= 0.6 is 11.6 Å². The summed E-state index contributed by atoms with van der Waals surface area (Å²) in [5, 5.41) is 3.41. The zero-order chi connectivity index (χ0) is 11.4. The van der Waals surface area contributed by atoms with Crippen LogP contribution in [0, 0.1) is 0 Å². The third-order valence-corrected chi connectivity index (χ3v) is 2.39. The van der Waals surface area contributed by atoms with Crippen molar-refractivity contribution in [2.24, 2.45) is 0 Å². The number of hydrogen-bond donors (Lipinski definition) is 1. The second-order valence-corrected chi connectivity index (χ2v) is 3.67. The molecule has 1 aromatic carbocycles. The number of rotatable bonds is 4. The van der Waals surface area contributed by atoms with Crippen LogP contribution in [0.4, 0.5) is 6.01 Å². The number of fused-ring (bicyclic) bond motifs is 1. The van der Waals surface area contributed by atoms with Crippen molar-refractivity contribution < 1.29 is 4.42 Å². The van der Waals surface area contributed by atoms with Gasteiger partial charge in [-0.15, -0.1) is 11.6 Å². The number of hydrogen-bond acceptors (Lipinski definition) is 4. The Morgan fingerprint density at radius 1 is 1.38 bits per heavy atom. The van der Waals surface area contributed by atoms with E-state index in [0.717, 1.165) is 6.42 Å². The Morgan fingerprint density at radius 2 is 2.19 bits per heavy atom. The Hall–Kier alpha value is -1.55. The van der Waals surface area contributed by atoms with Crippen molar-refractivity contribution in [3.05, 3.63) is 34.7 Å². The second kappa shape index (κ2) is 4.99. The molecule has 0 amide bonds. The normalized spacial score (nSPS) is 10.6. The summed E-state index contributed by atoms with van der Waals surface area (Å²) in [6.45, 7) is 0.637. The zero-order valence-corrected chi connectivity index (χ0v) is 9.33. The third kappa shape index (κ3) is 2.33. The Morgan fingerprint density at radius 3 is 3.00 bits per heavy atom. The van der Waals surface area contributed by atoms with E-state index < -0.39 is 0 Å². The largest absolute Gasteiger partial charge is 0.389 e. The third-order valence-electron chi connectivity index (χ3n) is 2.12. The summed E-state index contributed by atoms with van der Waals surface area (Å²) in [5.74, 6) is 0.560. The minimum absolute atomic E-state index is 0.244. The fraction of sp³-hybridized carbons (Fsp3) is 0.273. The molecule has 1 heterocycles. The molecule has 0 unspecified atom stereocenters. The second-order valence-electron chi connectivity index (χ2n) is 3.29. The Balaban J connectivity index is 2.31. The lowest BCUT2D eigenvalue weighted by molar-refractivity contribution is 0.516. The monoisotopic (exact) mass is 238 g/mol. The van der Waals surface area contributed by atoms with Gasteiger partial charge in [0, 0.05) is 12.4 Å². The number of nitrogens with zero attached hydrogens (tertiary/aromatic N) is 1. The molecule has 0 spiro atoms. The molecule has 0 saturated carbocycles. The van der Waals surface area contributed by atoms with E-state index in [1.165, 1.54) is 0 Å². The van der Waals surface area contributed by atoms with Crippen LogP contribution in [0.1, 0.15) is 6.42 Å². The molecular weight excluding hydrogens is 228 g/mol. The highest BCUT2D eigenvalue weighted by Crippen LogP contribution is 2.09. The van der Waals surface area contributed by atoms with Gasteiger partial charge in [0.25, 0.3) is 6.01 Å². The summed E-state index contributed by atoms with van der Waals surface area (Å²) in [6, 6.07) is 7.32. The van der Waals surface area contributed by atoms with Crippen molar-refractivity contribution in [2.45, 2.75) is 6.42 Å². The minimum atomic E-state index is -0.376. The van der Waals surface area contributed by atoms with E-state index in [0.29, 0.717) is 23.3 Å². The fourth-order valence-electron chi connectivity index (χ4n) is 1.36. The van der Waals surface area contributed by atoms with Crippen molar-refractivity contribution >= 4 is 28.5 Å². The summed E-state index contributed by atoms with van der Waals surface area (Å²) in [4.78, 5) is 15.7. The van der Waals surface area contributed by atoms with E-state index in [2.05, 4.69) is 10.3 Å². The molecule has 0 atom stereocenters. The van der Waals surface area contributed by atoms with E-state index >= 15 is 0 Å². The number of benzene rings is 1. The Labute approximate surface area is 97.2 Å². The summed E-state index contributed by atoms with van der Waals surface area (Å²) in [7, 11) is 0. The number of anilines is 1. The van der Waals surface area contributed by atoms with Gasteiger partial charge in [-0.3, -0.25) is 0 Å². The van der Waals surface area contributed by atoms with Crippen molar-refractivity contribution in [2.75, 3.05) is 17.7 Å². The van der Waals surface area contributed by atoms with Gasteiger partial charge in [-0.05, 0) is 18.6 Å². The van der Waals surface area contributed by atoms with Crippen LogP contribution in [-0.4, -0.2) is 17.4 Å². The van der Waals surface area contributed by atoms with E-state index in [-0.39, 0.29) is 11.6 Å². The first-order valence-corrected chi connectivity index (χ1v) is 5.54. The van der Waals surface area contributed by atoms with Gasteiger partial charge in [-0.2, -0.15) is 4.98 Å². The predicted molar refractivity (Wildman–Crippen MR) is 64.1 cm³/mol. The molecule has 2 aromatic rings. The molecule has 84 valence electrons.